The highest BCUT2D eigenvalue weighted by atomic mass is 14.7. The highest BCUT2D eigenvalue weighted by Crippen LogP contribution is 2.48. The van der Waals surface area contributed by atoms with E-state index in [0.717, 1.165) is 11.8 Å². The molecule has 2 atom stereocenters. The molecule has 1 aromatic heterocycles. The Balaban J connectivity index is 2.09. The maximum absolute atomic E-state index is 4.34. The zero-order chi connectivity index (χ0) is 7.68. The van der Waals surface area contributed by atoms with Crippen molar-refractivity contribution in [1.82, 2.24) is 4.98 Å². The lowest BCUT2D eigenvalue weighted by Gasteiger charge is -1.95. The van der Waals surface area contributed by atoms with Crippen LogP contribution in [-0.2, 0) is 0 Å². The van der Waals surface area contributed by atoms with Gasteiger partial charge in [-0.3, -0.25) is 4.98 Å². The molecule has 0 amide bonds. The maximum atomic E-state index is 4.34. The molecule has 1 heteroatoms. The molecule has 58 valence electrons. The van der Waals surface area contributed by atoms with E-state index < -0.39 is 0 Å². The Morgan fingerprint density at radius 3 is 3.00 bits per heavy atom. The Labute approximate surface area is 67.5 Å². The number of hydrogen-bond acceptors (Lipinski definition) is 1. The molecule has 2 rings (SSSR count). The van der Waals surface area contributed by atoms with Crippen molar-refractivity contribution in [3.8, 4) is 0 Å². The first-order valence-corrected chi connectivity index (χ1v) is 4.32. The summed E-state index contributed by atoms with van der Waals surface area (Å²) in [6.45, 7) is 2.26. The fraction of sp³-hybridized carbons (Fsp3) is 0.500. The van der Waals surface area contributed by atoms with Gasteiger partial charge in [0, 0.05) is 17.8 Å². The molecule has 1 aliphatic rings. The van der Waals surface area contributed by atoms with Gasteiger partial charge in [0.15, 0.2) is 0 Å². The summed E-state index contributed by atoms with van der Waals surface area (Å²) in [6.07, 6.45) is 4.55. The lowest BCUT2D eigenvalue weighted by molar-refractivity contribution is 0.756. The van der Waals surface area contributed by atoms with Gasteiger partial charge in [-0.05, 0) is 24.5 Å². The van der Waals surface area contributed by atoms with E-state index in [0.29, 0.717) is 0 Å². The molecule has 2 unspecified atom stereocenters. The van der Waals surface area contributed by atoms with Crippen LogP contribution in [0, 0.1) is 5.92 Å². The van der Waals surface area contributed by atoms with Crippen molar-refractivity contribution >= 4 is 0 Å². The molecule has 0 N–H and O–H groups in total. The average Bonchev–Trinajstić information content (AvgIpc) is 2.85. The van der Waals surface area contributed by atoms with Gasteiger partial charge in [0.25, 0.3) is 0 Å². The smallest absolute Gasteiger partial charge is 0.0437 e. The topological polar surface area (TPSA) is 12.9 Å². The van der Waals surface area contributed by atoms with Crippen LogP contribution in [0.25, 0.3) is 0 Å². The molecule has 11 heavy (non-hydrogen) atoms. The Hall–Kier alpha value is -0.850. The summed E-state index contributed by atoms with van der Waals surface area (Å²) in [4.78, 5) is 4.34. The third kappa shape index (κ3) is 1.28. The van der Waals surface area contributed by atoms with Crippen molar-refractivity contribution in [2.24, 2.45) is 5.92 Å². The van der Waals surface area contributed by atoms with Crippen LogP contribution in [0.2, 0.25) is 0 Å². The maximum Gasteiger partial charge on any atom is 0.0437 e. The third-order valence-electron chi connectivity index (χ3n) is 2.51. The molecular weight excluding hydrogens is 134 g/mol. The highest BCUT2D eigenvalue weighted by Gasteiger charge is 2.37. The molecule has 1 fully saturated rings. The van der Waals surface area contributed by atoms with Gasteiger partial charge in [0.2, 0.25) is 0 Å². The van der Waals surface area contributed by atoms with E-state index in [4.69, 9.17) is 0 Å². The normalized spacial score (nSPS) is 28.5. The van der Waals surface area contributed by atoms with Gasteiger partial charge in [0.1, 0.15) is 0 Å². The lowest BCUT2D eigenvalue weighted by atomic mass is 10.2. The number of hydrogen-bond donors (Lipinski definition) is 0. The molecule has 1 saturated carbocycles. The van der Waals surface area contributed by atoms with Crippen molar-refractivity contribution < 1.29 is 0 Å². The van der Waals surface area contributed by atoms with Crippen LogP contribution >= 0.6 is 0 Å². The van der Waals surface area contributed by atoms with E-state index in [-0.39, 0.29) is 0 Å². The van der Waals surface area contributed by atoms with Crippen LogP contribution in [0.1, 0.15) is 31.4 Å². The van der Waals surface area contributed by atoms with Crippen molar-refractivity contribution in [1.29, 1.82) is 0 Å². The molecule has 0 aliphatic heterocycles. The van der Waals surface area contributed by atoms with Gasteiger partial charge >= 0.3 is 0 Å². The molecule has 0 spiro atoms. The zero-order valence-corrected chi connectivity index (χ0v) is 6.83. The van der Waals surface area contributed by atoms with Gasteiger partial charge in [0.05, 0.1) is 0 Å². The fourth-order valence-electron chi connectivity index (χ4n) is 1.66. The van der Waals surface area contributed by atoms with Crippen LogP contribution in [0.3, 0.4) is 0 Å². The first-order valence-electron chi connectivity index (χ1n) is 4.32. The van der Waals surface area contributed by atoms with Gasteiger partial charge in [-0.2, -0.15) is 0 Å². The van der Waals surface area contributed by atoms with Gasteiger partial charge in [-0.25, -0.2) is 0 Å². The molecule has 0 aromatic carbocycles. The van der Waals surface area contributed by atoms with Crippen LogP contribution in [0.5, 0.6) is 0 Å². The molecule has 1 aromatic rings. The first-order chi connectivity index (χ1) is 5.42. The Bertz CT molecular complexity index is 230. The third-order valence-corrected chi connectivity index (χ3v) is 2.51. The average molecular weight is 147 g/mol. The summed E-state index contributed by atoms with van der Waals surface area (Å²) >= 11 is 0. The number of rotatable bonds is 2. The quantitative estimate of drug-likeness (QED) is 0.626. The van der Waals surface area contributed by atoms with Crippen LogP contribution in [0.4, 0.5) is 0 Å². The van der Waals surface area contributed by atoms with Crippen molar-refractivity contribution in [2.45, 2.75) is 25.7 Å². The standard InChI is InChI=1S/C10H13N/c1-2-8-7-9(8)10-5-3-4-6-11-10/h3-6,8-9H,2,7H2,1H3. The van der Waals surface area contributed by atoms with Crippen LogP contribution in [-0.4, -0.2) is 4.98 Å². The first kappa shape index (κ1) is 6.84. The molecule has 1 aliphatic carbocycles. The minimum absolute atomic E-state index is 0.779. The van der Waals surface area contributed by atoms with Gasteiger partial charge < -0.3 is 0 Å². The predicted molar refractivity (Wildman–Crippen MR) is 45.4 cm³/mol. The van der Waals surface area contributed by atoms with E-state index in [1.165, 1.54) is 18.5 Å². The zero-order valence-electron chi connectivity index (χ0n) is 6.83. The minimum Gasteiger partial charge on any atom is -0.261 e. The molecule has 0 radical (unpaired) electrons. The Morgan fingerprint density at radius 1 is 1.55 bits per heavy atom. The monoisotopic (exact) mass is 147 g/mol. The van der Waals surface area contributed by atoms with Crippen LogP contribution < -0.4 is 0 Å². The molecule has 0 bridgehead atoms. The van der Waals surface area contributed by atoms with Gasteiger partial charge in [-0.1, -0.05) is 19.4 Å². The second kappa shape index (κ2) is 2.65. The Morgan fingerprint density at radius 2 is 2.45 bits per heavy atom. The summed E-state index contributed by atoms with van der Waals surface area (Å²) in [5.74, 6) is 1.70. The number of aromatic nitrogens is 1. The molecular formula is C10H13N. The van der Waals surface area contributed by atoms with Crippen molar-refractivity contribution in [3.63, 3.8) is 0 Å². The van der Waals surface area contributed by atoms with E-state index in [2.05, 4.69) is 24.0 Å². The van der Waals surface area contributed by atoms with E-state index >= 15 is 0 Å². The summed E-state index contributed by atoms with van der Waals surface area (Å²) in [6, 6.07) is 6.19. The second-order valence-electron chi connectivity index (χ2n) is 3.27. The summed E-state index contributed by atoms with van der Waals surface area (Å²) < 4.78 is 0. The van der Waals surface area contributed by atoms with Crippen LogP contribution in [0.15, 0.2) is 24.4 Å². The Kier molecular flexibility index (Phi) is 1.65. The summed E-state index contributed by atoms with van der Waals surface area (Å²) in [7, 11) is 0. The second-order valence-corrected chi connectivity index (χ2v) is 3.27. The predicted octanol–water partition coefficient (Wildman–Crippen LogP) is 2.60. The largest absolute Gasteiger partial charge is 0.261 e. The fourth-order valence-corrected chi connectivity index (χ4v) is 1.66. The van der Waals surface area contributed by atoms with Gasteiger partial charge in [-0.15, -0.1) is 0 Å². The van der Waals surface area contributed by atoms with E-state index in [1.807, 2.05) is 12.3 Å². The highest BCUT2D eigenvalue weighted by molar-refractivity contribution is 5.17. The summed E-state index contributed by atoms with van der Waals surface area (Å²) in [5, 5.41) is 0. The minimum atomic E-state index is 0.779. The molecule has 0 saturated heterocycles. The molecule has 1 nitrogen and oxygen atoms in total. The lowest BCUT2D eigenvalue weighted by Crippen LogP contribution is -1.85. The molecule has 1 heterocycles. The van der Waals surface area contributed by atoms with E-state index in [1.54, 1.807) is 0 Å². The number of nitrogens with zero attached hydrogens (tertiary/aromatic N) is 1. The summed E-state index contributed by atoms with van der Waals surface area (Å²) in [5.41, 5.74) is 1.29. The van der Waals surface area contributed by atoms with E-state index in [9.17, 15) is 0 Å². The van der Waals surface area contributed by atoms with Crippen molar-refractivity contribution in [3.05, 3.63) is 30.1 Å². The number of pyridine rings is 1. The van der Waals surface area contributed by atoms with Crippen molar-refractivity contribution in [2.75, 3.05) is 0 Å². The SMILES string of the molecule is CCC1CC1c1ccccn1.